The standard InChI is InChI=1S/C14H22N2O2/c1-10-7-12(9-15)8-11(2)14(10)18-6-5-13(17)16(3)4/h7-8H,5-6,9,15H2,1-4H3. The van der Waals surface area contributed by atoms with Crippen LogP contribution in [0.15, 0.2) is 12.1 Å². The molecule has 18 heavy (non-hydrogen) atoms. The van der Waals surface area contributed by atoms with Gasteiger partial charge in [0.25, 0.3) is 0 Å². The number of benzene rings is 1. The van der Waals surface area contributed by atoms with Crippen molar-refractivity contribution in [1.29, 1.82) is 0 Å². The van der Waals surface area contributed by atoms with Crippen LogP contribution in [0.4, 0.5) is 0 Å². The Morgan fingerprint density at radius 3 is 2.28 bits per heavy atom. The summed E-state index contributed by atoms with van der Waals surface area (Å²) in [5.74, 6) is 0.933. The summed E-state index contributed by atoms with van der Waals surface area (Å²) in [7, 11) is 3.49. The van der Waals surface area contributed by atoms with Gasteiger partial charge in [0.05, 0.1) is 13.0 Å². The maximum absolute atomic E-state index is 11.4. The Morgan fingerprint density at radius 2 is 1.83 bits per heavy atom. The normalized spacial score (nSPS) is 10.3. The predicted molar refractivity (Wildman–Crippen MR) is 72.6 cm³/mol. The largest absolute Gasteiger partial charge is 0.493 e. The third-order valence-corrected chi connectivity index (χ3v) is 2.82. The first-order valence-corrected chi connectivity index (χ1v) is 6.09. The minimum absolute atomic E-state index is 0.0730. The summed E-state index contributed by atoms with van der Waals surface area (Å²) in [5, 5.41) is 0. The molecule has 0 spiro atoms. The minimum Gasteiger partial charge on any atom is -0.493 e. The summed E-state index contributed by atoms with van der Waals surface area (Å²) >= 11 is 0. The van der Waals surface area contributed by atoms with Crippen molar-refractivity contribution in [3.63, 3.8) is 0 Å². The van der Waals surface area contributed by atoms with Gasteiger partial charge in [0.15, 0.2) is 0 Å². The maximum Gasteiger partial charge on any atom is 0.225 e. The van der Waals surface area contributed by atoms with Crippen LogP contribution in [0.25, 0.3) is 0 Å². The highest BCUT2D eigenvalue weighted by atomic mass is 16.5. The van der Waals surface area contributed by atoms with Crippen molar-refractivity contribution < 1.29 is 9.53 Å². The maximum atomic E-state index is 11.4. The summed E-state index contributed by atoms with van der Waals surface area (Å²) in [6.07, 6.45) is 0.393. The minimum atomic E-state index is 0.0730. The zero-order valence-electron chi connectivity index (χ0n) is 11.6. The van der Waals surface area contributed by atoms with Gasteiger partial charge in [-0.2, -0.15) is 0 Å². The highest BCUT2D eigenvalue weighted by Gasteiger charge is 2.08. The molecule has 0 aliphatic heterocycles. The fourth-order valence-electron chi connectivity index (χ4n) is 1.85. The first-order chi connectivity index (χ1) is 8.45. The Bertz CT molecular complexity index is 405. The molecule has 4 nitrogen and oxygen atoms in total. The van der Waals surface area contributed by atoms with Crippen molar-refractivity contribution in [2.45, 2.75) is 26.8 Å². The third-order valence-electron chi connectivity index (χ3n) is 2.82. The average molecular weight is 250 g/mol. The molecular weight excluding hydrogens is 228 g/mol. The van der Waals surface area contributed by atoms with Gasteiger partial charge >= 0.3 is 0 Å². The van der Waals surface area contributed by atoms with Gasteiger partial charge in [-0.25, -0.2) is 0 Å². The lowest BCUT2D eigenvalue weighted by Gasteiger charge is -2.15. The van der Waals surface area contributed by atoms with Crippen LogP contribution < -0.4 is 10.5 Å². The monoisotopic (exact) mass is 250 g/mol. The summed E-state index contributed by atoms with van der Waals surface area (Å²) in [5.41, 5.74) is 8.84. The van der Waals surface area contributed by atoms with E-state index in [0.717, 1.165) is 22.4 Å². The van der Waals surface area contributed by atoms with E-state index in [-0.39, 0.29) is 5.91 Å². The van der Waals surface area contributed by atoms with Crippen molar-refractivity contribution in [1.82, 2.24) is 4.90 Å². The summed E-state index contributed by atoms with van der Waals surface area (Å²) in [4.78, 5) is 13.0. The quantitative estimate of drug-likeness (QED) is 0.864. The Morgan fingerprint density at radius 1 is 1.28 bits per heavy atom. The number of nitrogens with zero attached hydrogens (tertiary/aromatic N) is 1. The van der Waals surface area contributed by atoms with Crippen LogP contribution in [0.3, 0.4) is 0 Å². The van der Waals surface area contributed by atoms with E-state index in [1.54, 1.807) is 19.0 Å². The molecule has 4 heteroatoms. The number of carbonyl (C=O) groups is 1. The SMILES string of the molecule is Cc1cc(CN)cc(C)c1OCCC(=O)N(C)C. The van der Waals surface area contributed by atoms with E-state index in [1.165, 1.54) is 0 Å². The van der Waals surface area contributed by atoms with Gasteiger partial charge in [0.1, 0.15) is 5.75 Å². The smallest absolute Gasteiger partial charge is 0.225 e. The van der Waals surface area contributed by atoms with E-state index in [0.29, 0.717) is 19.6 Å². The van der Waals surface area contributed by atoms with Gasteiger partial charge < -0.3 is 15.4 Å². The zero-order chi connectivity index (χ0) is 13.7. The highest BCUT2D eigenvalue weighted by Crippen LogP contribution is 2.24. The summed E-state index contributed by atoms with van der Waals surface area (Å²) in [6, 6.07) is 4.05. The number of carbonyl (C=O) groups excluding carboxylic acids is 1. The van der Waals surface area contributed by atoms with Gasteiger partial charge in [-0.15, -0.1) is 0 Å². The lowest BCUT2D eigenvalue weighted by molar-refractivity contribution is -0.129. The summed E-state index contributed by atoms with van der Waals surface area (Å²) in [6.45, 7) is 4.92. The van der Waals surface area contributed by atoms with Crippen molar-refractivity contribution in [3.8, 4) is 5.75 Å². The van der Waals surface area contributed by atoms with E-state index in [2.05, 4.69) is 0 Å². The number of aryl methyl sites for hydroxylation is 2. The van der Waals surface area contributed by atoms with E-state index in [1.807, 2.05) is 26.0 Å². The molecule has 2 N–H and O–H groups in total. The molecule has 0 aliphatic rings. The second-order valence-electron chi connectivity index (χ2n) is 4.65. The van der Waals surface area contributed by atoms with Gasteiger partial charge in [0.2, 0.25) is 5.91 Å². The predicted octanol–water partition coefficient (Wildman–Crippen LogP) is 1.62. The third kappa shape index (κ3) is 3.74. The lowest BCUT2D eigenvalue weighted by atomic mass is 10.1. The van der Waals surface area contributed by atoms with Gasteiger partial charge in [-0.05, 0) is 30.5 Å². The van der Waals surface area contributed by atoms with Crippen LogP contribution in [0.5, 0.6) is 5.75 Å². The number of hydrogen-bond donors (Lipinski definition) is 1. The van der Waals surface area contributed by atoms with Crippen molar-refractivity contribution in [2.24, 2.45) is 5.73 Å². The van der Waals surface area contributed by atoms with Crippen LogP contribution in [0.2, 0.25) is 0 Å². The van der Waals surface area contributed by atoms with Crippen LogP contribution in [-0.2, 0) is 11.3 Å². The Labute approximate surface area is 109 Å². The molecule has 0 unspecified atom stereocenters. The molecular formula is C14H22N2O2. The number of nitrogens with two attached hydrogens (primary N) is 1. The van der Waals surface area contributed by atoms with E-state index in [4.69, 9.17) is 10.5 Å². The molecule has 0 bridgehead atoms. The Hall–Kier alpha value is -1.55. The fourth-order valence-corrected chi connectivity index (χ4v) is 1.85. The number of ether oxygens (including phenoxy) is 1. The van der Waals surface area contributed by atoms with Crippen LogP contribution >= 0.6 is 0 Å². The molecule has 0 heterocycles. The molecule has 1 rings (SSSR count). The molecule has 1 amide bonds. The Kier molecular flexibility index (Phi) is 5.16. The average Bonchev–Trinajstić information content (AvgIpc) is 2.31. The molecule has 0 aliphatic carbocycles. The highest BCUT2D eigenvalue weighted by molar-refractivity contribution is 5.75. The van der Waals surface area contributed by atoms with Crippen LogP contribution in [0.1, 0.15) is 23.1 Å². The summed E-state index contributed by atoms with van der Waals surface area (Å²) < 4.78 is 5.70. The molecule has 0 aromatic heterocycles. The van der Waals surface area contributed by atoms with Crippen molar-refractivity contribution in [2.75, 3.05) is 20.7 Å². The van der Waals surface area contributed by atoms with E-state index < -0.39 is 0 Å². The molecule has 0 atom stereocenters. The molecule has 0 radical (unpaired) electrons. The molecule has 1 aromatic rings. The second-order valence-corrected chi connectivity index (χ2v) is 4.65. The molecule has 0 saturated heterocycles. The topological polar surface area (TPSA) is 55.6 Å². The molecule has 0 saturated carbocycles. The number of rotatable bonds is 5. The number of amides is 1. The van der Waals surface area contributed by atoms with Crippen LogP contribution in [0, 0.1) is 13.8 Å². The Balaban J connectivity index is 2.65. The van der Waals surface area contributed by atoms with Gasteiger partial charge in [-0.3, -0.25) is 4.79 Å². The molecule has 0 fully saturated rings. The first kappa shape index (κ1) is 14.5. The van der Waals surface area contributed by atoms with Crippen molar-refractivity contribution >= 4 is 5.91 Å². The van der Waals surface area contributed by atoms with E-state index >= 15 is 0 Å². The zero-order valence-corrected chi connectivity index (χ0v) is 11.6. The van der Waals surface area contributed by atoms with Gasteiger partial charge in [0, 0.05) is 20.6 Å². The van der Waals surface area contributed by atoms with E-state index in [9.17, 15) is 4.79 Å². The lowest BCUT2D eigenvalue weighted by Crippen LogP contribution is -2.23. The molecule has 100 valence electrons. The van der Waals surface area contributed by atoms with Crippen LogP contribution in [-0.4, -0.2) is 31.5 Å². The fraction of sp³-hybridized carbons (Fsp3) is 0.500. The molecule has 1 aromatic carbocycles. The first-order valence-electron chi connectivity index (χ1n) is 6.09. The van der Waals surface area contributed by atoms with Crippen molar-refractivity contribution in [3.05, 3.63) is 28.8 Å². The number of hydrogen-bond acceptors (Lipinski definition) is 3. The van der Waals surface area contributed by atoms with Gasteiger partial charge in [-0.1, -0.05) is 12.1 Å². The second kappa shape index (κ2) is 6.40.